The van der Waals surface area contributed by atoms with E-state index in [4.69, 9.17) is 4.74 Å². The fraction of sp³-hybridized carbons (Fsp3) is 0.0833. The lowest BCUT2D eigenvalue weighted by molar-refractivity contribution is -0.385. The molecule has 4 rings (SSSR count). The largest absolute Gasteiger partial charge is 0.372 e. The second-order valence-electron chi connectivity index (χ2n) is 7.03. The van der Waals surface area contributed by atoms with Crippen LogP contribution < -0.4 is 0 Å². The highest BCUT2D eigenvalue weighted by Crippen LogP contribution is 2.35. The lowest BCUT2D eigenvalue weighted by atomic mass is 9.90. The van der Waals surface area contributed by atoms with Gasteiger partial charge in [0.15, 0.2) is 0 Å². The van der Waals surface area contributed by atoms with Gasteiger partial charge in [0, 0.05) is 24.3 Å². The monoisotopic (exact) mass is 414 g/mol. The zero-order chi connectivity index (χ0) is 21.8. The maximum Gasteiger partial charge on any atom is 0.269 e. The highest BCUT2D eigenvalue weighted by molar-refractivity contribution is 5.87. The molecule has 1 aliphatic heterocycles. The van der Waals surface area contributed by atoms with Crippen molar-refractivity contribution in [1.29, 1.82) is 0 Å². The molecule has 0 atom stereocenters. The van der Waals surface area contributed by atoms with Crippen LogP contribution >= 0.6 is 0 Å². The molecule has 7 nitrogen and oxygen atoms in total. The Morgan fingerprint density at radius 1 is 0.742 bits per heavy atom. The number of nitro benzene ring substituents is 2. The SMILES string of the molecule is O=[N+]([O-])c1ccc(C(=C2COC/C2=C/c2ccccc2)c2ccc([N+](=O)[O-])cc2)cc1. The lowest BCUT2D eigenvalue weighted by Gasteiger charge is -2.13. The first kappa shape index (κ1) is 20.2. The molecule has 0 spiro atoms. The average molecular weight is 414 g/mol. The summed E-state index contributed by atoms with van der Waals surface area (Å²) in [5, 5.41) is 22.1. The molecule has 1 heterocycles. The molecule has 1 fully saturated rings. The molecule has 0 bridgehead atoms. The smallest absolute Gasteiger partial charge is 0.269 e. The van der Waals surface area contributed by atoms with E-state index in [2.05, 4.69) is 6.08 Å². The van der Waals surface area contributed by atoms with Gasteiger partial charge in [0.05, 0.1) is 23.1 Å². The van der Waals surface area contributed by atoms with E-state index in [1.165, 1.54) is 24.3 Å². The van der Waals surface area contributed by atoms with Gasteiger partial charge in [-0.25, -0.2) is 0 Å². The first-order chi connectivity index (χ1) is 15.0. The van der Waals surface area contributed by atoms with Gasteiger partial charge in [-0.15, -0.1) is 0 Å². The molecule has 3 aromatic carbocycles. The Kier molecular flexibility index (Phi) is 5.68. The number of non-ortho nitro benzene ring substituents is 2. The highest BCUT2D eigenvalue weighted by Gasteiger charge is 2.22. The third kappa shape index (κ3) is 4.41. The molecule has 0 unspecified atom stereocenters. The van der Waals surface area contributed by atoms with Crippen LogP contribution in [-0.2, 0) is 4.74 Å². The molecule has 154 valence electrons. The predicted octanol–water partition coefficient (Wildman–Crippen LogP) is 5.42. The molecule has 1 aliphatic rings. The van der Waals surface area contributed by atoms with Crippen LogP contribution in [0.25, 0.3) is 11.6 Å². The molecular formula is C24H18N2O5. The average Bonchev–Trinajstić information content (AvgIpc) is 3.23. The minimum Gasteiger partial charge on any atom is -0.372 e. The molecule has 0 radical (unpaired) electrons. The van der Waals surface area contributed by atoms with E-state index in [0.717, 1.165) is 33.4 Å². The summed E-state index contributed by atoms with van der Waals surface area (Å²) in [6.45, 7) is 0.815. The van der Waals surface area contributed by atoms with Crippen molar-refractivity contribution in [2.75, 3.05) is 13.2 Å². The van der Waals surface area contributed by atoms with Crippen molar-refractivity contribution in [3.05, 3.63) is 127 Å². The van der Waals surface area contributed by atoms with Crippen LogP contribution in [0.3, 0.4) is 0 Å². The number of ether oxygens (including phenoxy) is 1. The molecule has 0 aliphatic carbocycles. The van der Waals surface area contributed by atoms with E-state index in [1.54, 1.807) is 24.3 Å². The van der Waals surface area contributed by atoms with E-state index >= 15 is 0 Å². The summed E-state index contributed by atoms with van der Waals surface area (Å²) < 4.78 is 5.75. The fourth-order valence-electron chi connectivity index (χ4n) is 3.57. The second-order valence-corrected chi connectivity index (χ2v) is 7.03. The van der Waals surface area contributed by atoms with Gasteiger partial charge in [0.2, 0.25) is 0 Å². The summed E-state index contributed by atoms with van der Waals surface area (Å²) in [5.74, 6) is 0. The number of benzene rings is 3. The number of rotatable bonds is 5. The maximum atomic E-state index is 11.1. The van der Waals surface area contributed by atoms with Crippen LogP contribution in [0.4, 0.5) is 11.4 Å². The summed E-state index contributed by atoms with van der Waals surface area (Å²) in [6, 6.07) is 22.5. The number of nitrogens with zero attached hydrogens (tertiary/aromatic N) is 2. The maximum absolute atomic E-state index is 11.1. The zero-order valence-corrected chi connectivity index (χ0v) is 16.4. The van der Waals surface area contributed by atoms with Crippen LogP contribution in [0.1, 0.15) is 16.7 Å². The summed E-state index contributed by atoms with van der Waals surface area (Å²) >= 11 is 0. The first-order valence-corrected chi connectivity index (χ1v) is 9.59. The van der Waals surface area contributed by atoms with E-state index in [1.807, 2.05) is 30.3 Å². The Hall–Kier alpha value is -4.10. The van der Waals surface area contributed by atoms with E-state index in [9.17, 15) is 20.2 Å². The summed E-state index contributed by atoms with van der Waals surface area (Å²) in [4.78, 5) is 21.2. The van der Waals surface area contributed by atoms with Crippen LogP contribution in [0.5, 0.6) is 0 Å². The second kappa shape index (κ2) is 8.73. The van der Waals surface area contributed by atoms with Gasteiger partial charge in [0.1, 0.15) is 0 Å². The fourth-order valence-corrected chi connectivity index (χ4v) is 3.57. The molecule has 3 aromatic rings. The van der Waals surface area contributed by atoms with Crippen molar-refractivity contribution in [2.45, 2.75) is 0 Å². The molecule has 0 amide bonds. The summed E-state index contributed by atoms with van der Waals surface area (Å²) in [5.41, 5.74) is 5.37. The molecule has 0 N–H and O–H groups in total. The Morgan fingerprint density at radius 2 is 1.26 bits per heavy atom. The zero-order valence-electron chi connectivity index (χ0n) is 16.4. The van der Waals surface area contributed by atoms with Crippen LogP contribution in [-0.4, -0.2) is 23.1 Å². The summed E-state index contributed by atoms with van der Waals surface area (Å²) in [6.07, 6.45) is 2.05. The number of hydrogen-bond acceptors (Lipinski definition) is 5. The molecule has 0 saturated carbocycles. The van der Waals surface area contributed by atoms with Gasteiger partial charge in [-0.3, -0.25) is 20.2 Å². The van der Waals surface area contributed by atoms with Gasteiger partial charge in [-0.2, -0.15) is 0 Å². The van der Waals surface area contributed by atoms with Gasteiger partial charge in [-0.1, -0.05) is 30.3 Å². The van der Waals surface area contributed by atoms with Crippen molar-refractivity contribution >= 4 is 23.0 Å². The van der Waals surface area contributed by atoms with Crippen molar-refractivity contribution in [1.82, 2.24) is 0 Å². The standard InChI is InChI=1S/C24H18N2O5/c27-25(28)21-10-6-18(7-11-21)24(19-8-12-22(13-9-19)26(29)30)23-16-31-15-20(23)14-17-4-2-1-3-5-17/h1-14H,15-16H2/b20-14-. The lowest BCUT2D eigenvalue weighted by Crippen LogP contribution is -1.98. The first-order valence-electron chi connectivity index (χ1n) is 9.59. The van der Waals surface area contributed by atoms with Crippen LogP contribution in [0.2, 0.25) is 0 Å². The minimum absolute atomic E-state index is 0.000442. The Labute approximate surface area is 178 Å². The van der Waals surface area contributed by atoms with Crippen molar-refractivity contribution in [3.63, 3.8) is 0 Å². The van der Waals surface area contributed by atoms with E-state index in [0.29, 0.717) is 13.2 Å². The summed E-state index contributed by atoms with van der Waals surface area (Å²) in [7, 11) is 0. The highest BCUT2D eigenvalue weighted by atomic mass is 16.6. The molecule has 7 heteroatoms. The van der Waals surface area contributed by atoms with Gasteiger partial charge in [-0.05, 0) is 63.8 Å². The Bertz CT molecular complexity index is 1120. The van der Waals surface area contributed by atoms with Gasteiger partial charge in [0.25, 0.3) is 11.4 Å². The Balaban J connectivity index is 1.87. The van der Waals surface area contributed by atoms with Crippen molar-refractivity contribution in [3.8, 4) is 0 Å². The normalized spacial score (nSPS) is 14.6. The molecular weight excluding hydrogens is 396 g/mol. The number of hydrogen-bond donors (Lipinski definition) is 0. The van der Waals surface area contributed by atoms with E-state index < -0.39 is 9.85 Å². The van der Waals surface area contributed by atoms with Crippen LogP contribution in [0, 0.1) is 20.2 Å². The minimum atomic E-state index is -0.443. The third-order valence-corrected chi connectivity index (χ3v) is 5.07. The van der Waals surface area contributed by atoms with Crippen LogP contribution in [0.15, 0.2) is 90.0 Å². The topological polar surface area (TPSA) is 95.5 Å². The van der Waals surface area contributed by atoms with Gasteiger partial charge >= 0.3 is 0 Å². The predicted molar refractivity (Wildman–Crippen MR) is 117 cm³/mol. The molecule has 0 aromatic heterocycles. The van der Waals surface area contributed by atoms with E-state index in [-0.39, 0.29) is 11.4 Å². The van der Waals surface area contributed by atoms with Crippen molar-refractivity contribution < 1.29 is 14.6 Å². The van der Waals surface area contributed by atoms with Crippen molar-refractivity contribution in [2.24, 2.45) is 0 Å². The molecule has 31 heavy (non-hydrogen) atoms. The quantitative estimate of drug-likeness (QED) is 0.410. The van der Waals surface area contributed by atoms with Gasteiger partial charge < -0.3 is 4.74 Å². The Morgan fingerprint density at radius 3 is 1.74 bits per heavy atom. The number of nitro groups is 2. The molecule has 1 saturated heterocycles. The third-order valence-electron chi connectivity index (χ3n) is 5.07.